The molecular formula is C18H18N2O3S. The third-order valence-corrected chi connectivity index (χ3v) is 5.77. The minimum atomic E-state index is -3.97. The number of fused-ring (bicyclic) bond motifs is 1. The zero-order valence-electron chi connectivity index (χ0n) is 13.6. The molecule has 1 heterocycles. The number of carbonyl (C=O) groups excluding carboxylic acids is 1. The van der Waals surface area contributed by atoms with E-state index in [0.717, 1.165) is 15.1 Å². The van der Waals surface area contributed by atoms with E-state index in [2.05, 4.69) is 4.98 Å². The zero-order chi connectivity index (χ0) is 17.3. The summed E-state index contributed by atoms with van der Waals surface area (Å²) in [6.07, 6.45) is 4.73. The summed E-state index contributed by atoms with van der Waals surface area (Å²) in [6.45, 7) is 3.14. The molecule has 0 atom stereocenters. The van der Waals surface area contributed by atoms with Crippen LogP contribution in [0.4, 0.5) is 0 Å². The fraction of sp³-hybridized carbons (Fsp3) is 0.222. The fourth-order valence-corrected chi connectivity index (χ4v) is 4.32. The Labute approximate surface area is 141 Å². The highest BCUT2D eigenvalue weighted by Crippen LogP contribution is 2.24. The molecule has 1 aliphatic carbocycles. The minimum absolute atomic E-state index is 0.0998. The maximum Gasteiger partial charge on any atom is 0.270 e. The summed E-state index contributed by atoms with van der Waals surface area (Å²) in [5.74, 6) is -0.538. The summed E-state index contributed by atoms with van der Waals surface area (Å²) in [5, 5.41) is 1.40. The van der Waals surface area contributed by atoms with Gasteiger partial charge in [0, 0.05) is 13.1 Å². The number of carbonyl (C=O) groups is 1. The lowest BCUT2D eigenvalue weighted by Gasteiger charge is -2.25. The minimum Gasteiger partial charge on any atom is -0.274 e. The van der Waals surface area contributed by atoms with Gasteiger partial charge in [-0.15, -0.1) is 0 Å². The highest BCUT2D eigenvalue weighted by Gasteiger charge is 2.31. The Morgan fingerprint density at radius 3 is 2.54 bits per heavy atom. The second-order valence-electron chi connectivity index (χ2n) is 5.73. The number of rotatable bonds is 3. The van der Waals surface area contributed by atoms with E-state index in [-0.39, 0.29) is 4.90 Å². The average molecular weight is 342 g/mol. The van der Waals surface area contributed by atoms with Gasteiger partial charge in [-0.25, -0.2) is 12.7 Å². The van der Waals surface area contributed by atoms with Crippen LogP contribution in [0, 0.1) is 6.92 Å². The van der Waals surface area contributed by atoms with Crippen molar-refractivity contribution in [3.63, 3.8) is 0 Å². The molecule has 2 aromatic rings. The first-order chi connectivity index (χ1) is 11.4. The molecule has 1 aliphatic rings. The molecule has 0 saturated heterocycles. The van der Waals surface area contributed by atoms with E-state index in [9.17, 15) is 13.2 Å². The predicted octanol–water partition coefficient (Wildman–Crippen LogP) is 1.31. The Morgan fingerprint density at radius 2 is 1.88 bits per heavy atom. The number of pyridine rings is 1. The van der Waals surface area contributed by atoms with Crippen molar-refractivity contribution in [1.82, 2.24) is 9.29 Å². The molecule has 0 saturated carbocycles. The number of sulfonamides is 1. The number of nitrogens with zero attached hydrogens (tertiary/aromatic N) is 2. The van der Waals surface area contributed by atoms with E-state index >= 15 is 0 Å². The second-order valence-corrected chi connectivity index (χ2v) is 7.52. The Balaban J connectivity index is 2.24. The van der Waals surface area contributed by atoms with Crippen LogP contribution in [0.3, 0.4) is 0 Å². The van der Waals surface area contributed by atoms with Crippen LogP contribution < -0.4 is 10.6 Å². The van der Waals surface area contributed by atoms with Gasteiger partial charge in [0.15, 0.2) is 0 Å². The molecule has 1 aromatic heterocycles. The zero-order valence-corrected chi connectivity index (χ0v) is 14.4. The van der Waals surface area contributed by atoms with Crippen molar-refractivity contribution in [2.45, 2.75) is 31.6 Å². The fourth-order valence-electron chi connectivity index (χ4n) is 2.82. The molecule has 24 heavy (non-hydrogen) atoms. The first kappa shape index (κ1) is 16.4. The second kappa shape index (κ2) is 6.20. The molecule has 1 amide bonds. The molecule has 0 fully saturated rings. The largest absolute Gasteiger partial charge is 0.274 e. The summed E-state index contributed by atoms with van der Waals surface area (Å²) in [6, 6.07) is 10.2. The van der Waals surface area contributed by atoms with Crippen LogP contribution in [0.5, 0.6) is 0 Å². The molecular weight excluding hydrogens is 324 g/mol. The van der Waals surface area contributed by atoms with E-state index in [4.69, 9.17) is 0 Å². The molecule has 0 unspecified atom stereocenters. The van der Waals surface area contributed by atoms with Crippen molar-refractivity contribution in [3.8, 4) is 0 Å². The quantitative estimate of drug-likeness (QED) is 0.843. The Kier molecular flexibility index (Phi) is 4.24. The number of hydrogen-bond acceptors (Lipinski definition) is 4. The predicted molar refractivity (Wildman–Crippen MR) is 91.5 cm³/mol. The first-order valence-corrected chi connectivity index (χ1v) is 9.12. The highest BCUT2D eigenvalue weighted by atomic mass is 32.2. The molecule has 0 radical (unpaired) electrons. The lowest BCUT2D eigenvalue weighted by atomic mass is 10.1. The van der Waals surface area contributed by atoms with Gasteiger partial charge < -0.3 is 0 Å². The number of aryl methyl sites for hydroxylation is 1. The van der Waals surface area contributed by atoms with Gasteiger partial charge in [0.05, 0.1) is 15.9 Å². The summed E-state index contributed by atoms with van der Waals surface area (Å²) in [4.78, 5) is 16.6. The summed E-state index contributed by atoms with van der Waals surface area (Å²) >= 11 is 0. The van der Waals surface area contributed by atoms with Gasteiger partial charge >= 0.3 is 0 Å². The molecule has 6 heteroatoms. The third kappa shape index (κ3) is 2.85. The van der Waals surface area contributed by atoms with Crippen LogP contribution in [-0.2, 0) is 14.8 Å². The van der Waals surface area contributed by atoms with Crippen molar-refractivity contribution in [2.24, 2.45) is 0 Å². The van der Waals surface area contributed by atoms with E-state index in [1.807, 2.05) is 19.1 Å². The van der Waals surface area contributed by atoms with Gasteiger partial charge in [-0.2, -0.15) is 0 Å². The molecule has 0 spiro atoms. The molecule has 5 nitrogen and oxygen atoms in total. The van der Waals surface area contributed by atoms with Gasteiger partial charge in [0.2, 0.25) is 5.91 Å². The standard InChI is InChI=1S/C18H18N2O3S/c1-13-8-10-16(11-9-13)24(22,23)20(14(2)21)17-7-3-5-15-6-4-12-19-18(15)17/h4-6,8-12H,3,7H2,1-2H3. The average Bonchev–Trinajstić information content (AvgIpc) is 2.55. The van der Waals surface area contributed by atoms with Gasteiger partial charge in [-0.3, -0.25) is 9.78 Å². The molecule has 0 bridgehead atoms. The summed E-state index contributed by atoms with van der Waals surface area (Å²) in [7, 11) is -3.97. The monoisotopic (exact) mass is 342 g/mol. The smallest absolute Gasteiger partial charge is 0.270 e. The van der Waals surface area contributed by atoms with Gasteiger partial charge in [0.25, 0.3) is 10.0 Å². The summed E-state index contributed by atoms with van der Waals surface area (Å²) in [5.41, 5.74) is 1.39. The van der Waals surface area contributed by atoms with Crippen LogP contribution in [0.2, 0.25) is 0 Å². The van der Waals surface area contributed by atoms with E-state index < -0.39 is 15.9 Å². The lowest BCUT2D eigenvalue weighted by molar-refractivity contribution is -0.122. The Bertz CT molecular complexity index is 1010. The SMILES string of the molecule is CC(=O)N(C1=c2ncccc2=CCC1)S(=O)(=O)c1ccc(C)cc1. The Morgan fingerprint density at radius 1 is 1.17 bits per heavy atom. The Hall–Kier alpha value is -2.47. The van der Waals surface area contributed by atoms with Gasteiger partial charge in [0.1, 0.15) is 0 Å². The van der Waals surface area contributed by atoms with E-state index in [1.165, 1.54) is 19.1 Å². The van der Waals surface area contributed by atoms with Crippen LogP contribution in [0.1, 0.15) is 25.3 Å². The normalized spacial score (nSPS) is 13.8. The lowest BCUT2D eigenvalue weighted by Crippen LogP contribution is -2.43. The third-order valence-electron chi connectivity index (χ3n) is 3.95. The number of hydrogen-bond donors (Lipinski definition) is 0. The topological polar surface area (TPSA) is 67.3 Å². The number of amides is 1. The van der Waals surface area contributed by atoms with Gasteiger partial charge in [-0.05, 0) is 43.2 Å². The molecule has 1 aromatic carbocycles. The first-order valence-electron chi connectivity index (χ1n) is 7.68. The molecule has 3 rings (SSSR count). The molecule has 0 N–H and O–H groups in total. The molecule has 124 valence electrons. The van der Waals surface area contributed by atoms with Crippen molar-refractivity contribution in [3.05, 3.63) is 58.7 Å². The van der Waals surface area contributed by atoms with Crippen LogP contribution >= 0.6 is 0 Å². The van der Waals surface area contributed by atoms with Crippen LogP contribution in [0.25, 0.3) is 11.8 Å². The molecule has 0 aliphatic heterocycles. The summed E-state index contributed by atoms with van der Waals surface area (Å²) < 4.78 is 27.0. The van der Waals surface area contributed by atoms with Crippen LogP contribution in [0.15, 0.2) is 47.5 Å². The maximum absolute atomic E-state index is 13.0. The maximum atomic E-state index is 13.0. The number of benzene rings is 1. The van der Waals surface area contributed by atoms with Crippen molar-refractivity contribution >= 4 is 27.7 Å². The van der Waals surface area contributed by atoms with Crippen molar-refractivity contribution in [1.29, 1.82) is 0 Å². The van der Waals surface area contributed by atoms with Crippen LogP contribution in [-0.4, -0.2) is 23.6 Å². The van der Waals surface area contributed by atoms with Gasteiger partial charge in [-0.1, -0.05) is 29.8 Å². The van der Waals surface area contributed by atoms with Crippen molar-refractivity contribution < 1.29 is 13.2 Å². The van der Waals surface area contributed by atoms with Crippen molar-refractivity contribution in [2.75, 3.05) is 0 Å². The highest BCUT2D eigenvalue weighted by molar-refractivity contribution is 7.90. The van der Waals surface area contributed by atoms with E-state index in [0.29, 0.717) is 23.9 Å². The van der Waals surface area contributed by atoms with E-state index in [1.54, 1.807) is 24.4 Å². The number of aromatic nitrogens is 1.